The fraction of sp³-hybridized carbons (Fsp3) is 0.429. The number of rotatable bonds is 6. The summed E-state index contributed by atoms with van der Waals surface area (Å²) in [5.41, 5.74) is 0.274. The van der Waals surface area contributed by atoms with Gasteiger partial charge < -0.3 is 28.3 Å². The summed E-state index contributed by atoms with van der Waals surface area (Å²) in [7, 11) is 2.54. The lowest BCUT2D eigenvalue weighted by Gasteiger charge is -2.30. The summed E-state index contributed by atoms with van der Waals surface area (Å²) >= 11 is 0. The number of aromatic nitrogens is 2. The Morgan fingerprint density at radius 1 is 1.07 bits per heavy atom. The van der Waals surface area contributed by atoms with Crippen molar-refractivity contribution in [1.82, 2.24) is 15.1 Å². The number of alkyl halides is 3. The highest BCUT2D eigenvalue weighted by Gasteiger charge is 2.34. The van der Waals surface area contributed by atoms with E-state index in [0.717, 1.165) is 12.1 Å². The van der Waals surface area contributed by atoms with E-state index >= 15 is 0 Å². The number of methoxy groups -OCH3 is 2. The monoisotopic (exact) mass is 577 g/mol. The fourth-order valence-electron chi connectivity index (χ4n) is 4.44. The molecule has 0 bridgehead atoms. The Kier molecular flexibility index (Phi) is 8.29. The minimum absolute atomic E-state index is 0.115. The Morgan fingerprint density at radius 3 is 2.44 bits per heavy atom. The van der Waals surface area contributed by atoms with Gasteiger partial charge in [0.15, 0.2) is 12.4 Å². The molecule has 2 aromatic heterocycles. The maximum absolute atomic E-state index is 13.5. The number of benzene rings is 1. The van der Waals surface area contributed by atoms with E-state index in [1.165, 1.54) is 32.1 Å². The zero-order valence-corrected chi connectivity index (χ0v) is 23.5. The van der Waals surface area contributed by atoms with Crippen molar-refractivity contribution in [1.29, 1.82) is 0 Å². The van der Waals surface area contributed by atoms with E-state index in [1.54, 1.807) is 20.8 Å². The van der Waals surface area contributed by atoms with Crippen LogP contribution in [0, 0.1) is 6.92 Å². The van der Waals surface area contributed by atoms with Gasteiger partial charge >= 0.3 is 18.2 Å². The molecule has 0 atom stereocenters. The van der Waals surface area contributed by atoms with Crippen molar-refractivity contribution in [2.24, 2.45) is 0 Å². The SMILES string of the molecule is COCOc1cc(C(F)(F)F)cc(C)c1-c1cc2oc(C(=O)OC)c(C3=CCCN(C(=O)OC(C)(C)C)C3)c2nn1. The van der Waals surface area contributed by atoms with Crippen molar-refractivity contribution in [3.8, 4) is 17.0 Å². The summed E-state index contributed by atoms with van der Waals surface area (Å²) in [6, 6.07) is 3.30. The number of hydrogen-bond donors (Lipinski definition) is 0. The van der Waals surface area contributed by atoms with Crippen molar-refractivity contribution >= 4 is 28.7 Å². The van der Waals surface area contributed by atoms with Gasteiger partial charge in [0.25, 0.3) is 0 Å². The number of furan rings is 1. The molecule has 0 saturated carbocycles. The van der Waals surface area contributed by atoms with Crippen molar-refractivity contribution in [3.05, 3.63) is 46.7 Å². The number of aryl methyl sites for hydroxylation is 1. The first kappa shape index (κ1) is 29.8. The van der Waals surface area contributed by atoms with E-state index < -0.39 is 29.4 Å². The molecule has 13 heteroatoms. The summed E-state index contributed by atoms with van der Waals surface area (Å²) in [5.74, 6) is -1.04. The van der Waals surface area contributed by atoms with Crippen LogP contribution in [0.1, 0.15) is 54.4 Å². The van der Waals surface area contributed by atoms with Crippen LogP contribution >= 0.6 is 0 Å². The lowest BCUT2D eigenvalue weighted by molar-refractivity contribution is -0.137. The maximum Gasteiger partial charge on any atom is 0.416 e. The van der Waals surface area contributed by atoms with Crippen LogP contribution in [0.25, 0.3) is 27.9 Å². The van der Waals surface area contributed by atoms with Crippen LogP contribution in [0.15, 0.2) is 28.7 Å². The molecule has 0 saturated heterocycles. The highest BCUT2D eigenvalue weighted by molar-refractivity contribution is 6.02. The number of carbonyl (C=O) groups excluding carboxylic acids is 2. The molecule has 0 N–H and O–H groups in total. The molecular weight excluding hydrogens is 547 g/mol. The van der Waals surface area contributed by atoms with Crippen LogP contribution in [-0.2, 0) is 20.4 Å². The first-order chi connectivity index (χ1) is 19.2. The molecule has 0 aliphatic carbocycles. The van der Waals surface area contributed by atoms with Gasteiger partial charge in [0.05, 0.1) is 18.2 Å². The molecule has 1 aromatic carbocycles. The van der Waals surface area contributed by atoms with Crippen LogP contribution in [0.5, 0.6) is 5.75 Å². The average Bonchev–Trinajstić information content (AvgIpc) is 3.28. The lowest BCUT2D eigenvalue weighted by atomic mass is 9.99. The third-order valence-corrected chi connectivity index (χ3v) is 6.14. The minimum Gasteiger partial charge on any atom is -0.467 e. The Bertz CT molecular complexity index is 1510. The van der Waals surface area contributed by atoms with Crippen molar-refractivity contribution in [3.63, 3.8) is 0 Å². The van der Waals surface area contributed by atoms with Crippen LogP contribution in [0.4, 0.5) is 18.0 Å². The van der Waals surface area contributed by atoms with Gasteiger partial charge in [-0.3, -0.25) is 0 Å². The van der Waals surface area contributed by atoms with Gasteiger partial charge in [-0.05, 0) is 57.4 Å². The fourth-order valence-corrected chi connectivity index (χ4v) is 4.44. The number of nitrogens with zero attached hydrogens (tertiary/aromatic N) is 3. The van der Waals surface area contributed by atoms with E-state index in [-0.39, 0.29) is 52.8 Å². The third-order valence-electron chi connectivity index (χ3n) is 6.14. The van der Waals surface area contributed by atoms with Gasteiger partial charge in [-0.15, -0.1) is 10.2 Å². The molecule has 10 nitrogen and oxygen atoms in total. The first-order valence-electron chi connectivity index (χ1n) is 12.6. The zero-order valence-electron chi connectivity index (χ0n) is 23.5. The summed E-state index contributed by atoms with van der Waals surface area (Å²) in [4.78, 5) is 27.0. The highest BCUT2D eigenvalue weighted by atomic mass is 19.4. The molecule has 0 unspecified atom stereocenters. The molecule has 1 aliphatic heterocycles. The quantitative estimate of drug-likeness (QED) is 0.257. The van der Waals surface area contributed by atoms with Gasteiger partial charge in [-0.25, -0.2) is 9.59 Å². The number of ether oxygens (including phenoxy) is 4. The summed E-state index contributed by atoms with van der Waals surface area (Å²) in [5, 5.41) is 8.56. The molecule has 220 valence electrons. The standard InChI is InChI=1S/C28H30F3N3O7/c1-15-10-17(28(29,30)31)11-19(39-14-37-5)21(15)18-12-20-23(33-32-18)22(24(40-20)25(35)38-6)16-8-7-9-34(13-16)26(36)41-27(2,3)4/h8,10-12H,7,9,13-14H2,1-6H3. The van der Waals surface area contributed by atoms with Gasteiger partial charge in [0, 0.05) is 31.8 Å². The molecule has 0 fully saturated rings. The van der Waals surface area contributed by atoms with E-state index in [0.29, 0.717) is 24.1 Å². The molecule has 3 aromatic rings. The highest BCUT2D eigenvalue weighted by Crippen LogP contribution is 2.41. The van der Waals surface area contributed by atoms with Gasteiger partial charge in [-0.2, -0.15) is 13.2 Å². The van der Waals surface area contributed by atoms with Gasteiger partial charge in [0.2, 0.25) is 5.76 Å². The smallest absolute Gasteiger partial charge is 0.416 e. The maximum atomic E-state index is 13.5. The summed E-state index contributed by atoms with van der Waals surface area (Å²) < 4.78 is 67.1. The van der Waals surface area contributed by atoms with Crippen LogP contribution < -0.4 is 4.74 Å². The first-order valence-corrected chi connectivity index (χ1v) is 12.6. The summed E-state index contributed by atoms with van der Waals surface area (Å²) in [6.45, 7) is 7.01. The Morgan fingerprint density at radius 2 is 1.80 bits per heavy atom. The van der Waals surface area contributed by atoms with Gasteiger partial charge in [0.1, 0.15) is 22.6 Å². The van der Waals surface area contributed by atoms with E-state index in [9.17, 15) is 22.8 Å². The topological polar surface area (TPSA) is 113 Å². The van der Waals surface area contributed by atoms with Crippen LogP contribution in [0.2, 0.25) is 0 Å². The molecule has 41 heavy (non-hydrogen) atoms. The van der Waals surface area contributed by atoms with E-state index in [2.05, 4.69) is 10.2 Å². The van der Waals surface area contributed by atoms with E-state index in [4.69, 9.17) is 23.4 Å². The molecule has 1 aliphatic rings. The second-order valence-corrected chi connectivity index (χ2v) is 10.4. The molecule has 1 amide bonds. The summed E-state index contributed by atoms with van der Waals surface area (Å²) in [6.07, 6.45) is -2.76. The lowest BCUT2D eigenvalue weighted by Crippen LogP contribution is -2.39. The number of hydrogen-bond acceptors (Lipinski definition) is 9. The van der Waals surface area contributed by atoms with Crippen LogP contribution in [-0.4, -0.2) is 66.9 Å². The van der Waals surface area contributed by atoms with Crippen molar-refractivity contribution in [2.45, 2.75) is 45.9 Å². The minimum atomic E-state index is -4.60. The number of esters is 1. The normalized spacial score (nSPS) is 14.2. The number of halogens is 3. The number of fused-ring (bicyclic) bond motifs is 1. The van der Waals surface area contributed by atoms with Crippen LogP contribution in [0.3, 0.4) is 0 Å². The molecular formula is C28H30F3N3O7. The Labute approximate surface area is 234 Å². The third kappa shape index (κ3) is 6.45. The Hall–Kier alpha value is -4.13. The zero-order chi connectivity index (χ0) is 30.1. The van der Waals surface area contributed by atoms with Crippen molar-refractivity contribution < 1.29 is 46.1 Å². The average molecular weight is 578 g/mol. The van der Waals surface area contributed by atoms with E-state index in [1.807, 2.05) is 6.08 Å². The molecule has 4 rings (SSSR count). The predicted molar refractivity (Wildman–Crippen MR) is 141 cm³/mol. The molecule has 0 radical (unpaired) electrons. The predicted octanol–water partition coefficient (Wildman–Crippen LogP) is 6.01. The molecule has 0 spiro atoms. The second kappa shape index (κ2) is 11.4. The second-order valence-electron chi connectivity index (χ2n) is 10.4. The van der Waals surface area contributed by atoms with Gasteiger partial charge in [-0.1, -0.05) is 6.08 Å². The Balaban J connectivity index is 1.81. The largest absolute Gasteiger partial charge is 0.467 e. The molecule has 3 heterocycles. The van der Waals surface area contributed by atoms with Crippen molar-refractivity contribution in [2.75, 3.05) is 34.1 Å². The number of carbonyl (C=O) groups is 2. The number of amides is 1.